The normalized spacial score (nSPS) is 20.3. The molecule has 0 radical (unpaired) electrons. The predicted octanol–water partition coefficient (Wildman–Crippen LogP) is 2.83. The quantitative estimate of drug-likeness (QED) is 0.490. The zero-order valence-corrected chi connectivity index (χ0v) is 15.2. The van der Waals surface area contributed by atoms with E-state index in [9.17, 15) is 4.57 Å². The summed E-state index contributed by atoms with van der Waals surface area (Å²) in [6, 6.07) is 0. The summed E-state index contributed by atoms with van der Waals surface area (Å²) in [4.78, 5) is 2.95. The van der Waals surface area contributed by atoms with E-state index in [0.29, 0.717) is 5.96 Å². The average Bonchev–Trinajstić information content (AvgIpc) is 2.42. The summed E-state index contributed by atoms with van der Waals surface area (Å²) in [7, 11) is 0.139. The van der Waals surface area contributed by atoms with Gasteiger partial charge in [0.2, 0.25) is 5.96 Å². The fraction of sp³-hybridized carbons (Fsp3) is 0.917. The Morgan fingerprint density at radius 3 is 1.90 bits per heavy atom. The lowest BCUT2D eigenvalue weighted by atomic mass is 10.2. The monoisotopic (exact) mass is 323 g/mol. The minimum atomic E-state index is -3.66. The molecule has 0 aromatic rings. The highest BCUT2D eigenvalue weighted by molar-refractivity contribution is 7.81. The number of rotatable bonds is 4. The molecule has 1 heterocycles. The third-order valence-electron chi connectivity index (χ3n) is 2.39. The van der Waals surface area contributed by atoms with Crippen LogP contribution in [0.3, 0.4) is 0 Å². The fourth-order valence-electron chi connectivity index (χ4n) is 1.74. The van der Waals surface area contributed by atoms with Crippen LogP contribution in [-0.4, -0.2) is 53.5 Å². The van der Waals surface area contributed by atoms with Gasteiger partial charge in [-0.25, -0.2) is 4.57 Å². The van der Waals surface area contributed by atoms with Crippen molar-refractivity contribution in [3.05, 3.63) is 0 Å². The van der Waals surface area contributed by atoms with E-state index < -0.39 is 18.3 Å². The van der Waals surface area contributed by atoms with Crippen LogP contribution in [0.15, 0.2) is 4.76 Å². The smallest absolute Gasteiger partial charge is 0.344 e. The molecule has 0 spiro atoms. The number of thiol groups is 1. The molecule has 20 heavy (non-hydrogen) atoms. The van der Waals surface area contributed by atoms with Crippen molar-refractivity contribution in [1.29, 1.82) is 0 Å². The molecule has 0 aromatic heterocycles. The third-order valence-corrected chi connectivity index (χ3v) is 4.52. The Kier molecular flexibility index (Phi) is 5.23. The number of nitrogens with zero attached hydrogens (tertiary/aromatic N) is 3. The van der Waals surface area contributed by atoms with Gasteiger partial charge in [0.1, 0.15) is 4.93 Å². The Balaban J connectivity index is 3.11. The van der Waals surface area contributed by atoms with E-state index in [1.807, 2.05) is 44.7 Å². The van der Waals surface area contributed by atoms with Gasteiger partial charge in [-0.15, -0.1) is 17.4 Å². The van der Waals surface area contributed by atoms with Gasteiger partial charge in [0.15, 0.2) is 0 Å². The van der Waals surface area contributed by atoms with Gasteiger partial charge in [0.25, 0.3) is 0 Å². The Morgan fingerprint density at radius 1 is 1.10 bits per heavy atom. The SMILES string of the molecule is CN1CCN(C)C1=NP(=O)(OC(C)(C)C)OC(C)(C)S. The first-order valence-electron chi connectivity index (χ1n) is 6.58. The molecule has 8 heteroatoms. The molecule has 1 atom stereocenters. The Hall–Kier alpha value is -0.230. The minimum absolute atomic E-state index is 0.607. The van der Waals surface area contributed by atoms with Gasteiger partial charge < -0.3 is 9.80 Å². The van der Waals surface area contributed by atoms with Crippen LogP contribution in [0.1, 0.15) is 34.6 Å². The molecular formula is C12H26N3O3PS. The molecule has 118 valence electrons. The first-order chi connectivity index (χ1) is 8.81. The predicted molar refractivity (Wildman–Crippen MR) is 85.3 cm³/mol. The van der Waals surface area contributed by atoms with Gasteiger partial charge in [-0.2, -0.15) is 0 Å². The summed E-state index contributed by atoms with van der Waals surface area (Å²) in [6.07, 6.45) is 0. The first-order valence-corrected chi connectivity index (χ1v) is 8.52. The van der Waals surface area contributed by atoms with Gasteiger partial charge >= 0.3 is 7.75 Å². The number of hydrogen-bond donors (Lipinski definition) is 1. The maximum Gasteiger partial charge on any atom is 0.458 e. The average molecular weight is 323 g/mol. The Morgan fingerprint density at radius 2 is 1.55 bits per heavy atom. The summed E-state index contributed by atoms with van der Waals surface area (Å²) in [6.45, 7) is 10.5. The molecule has 1 aliphatic heterocycles. The molecule has 1 aliphatic rings. The molecule has 0 N–H and O–H groups in total. The van der Waals surface area contributed by atoms with Crippen molar-refractivity contribution in [1.82, 2.24) is 9.80 Å². The van der Waals surface area contributed by atoms with Gasteiger partial charge in [-0.1, -0.05) is 0 Å². The lowest BCUT2D eigenvalue weighted by Gasteiger charge is -2.29. The molecule has 1 unspecified atom stereocenters. The molecule has 6 nitrogen and oxygen atoms in total. The van der Waals surface area contributed by atoms with Crippen molar-refractivity contribution in [3.8, 4) is 0 Å². The van der Waals surface area contributed by atoms with Crippen molar-refractivity contribution in [2.45, 2.75) is 45.2 Å². The van der Waals surface area contributed by atoms with E-state index in [1.54, 1.807) is 13.8 Å². The highest BCUT2D eigenvalue weighted by atomic mass is 32.1. The zero-order valence-electron chi connectivity index (χ0n) is 13.4. The molecule has 1 saturated heterocycles. The standard InChI is InChI=1S/C12H26N3O3PS/c1-11(2,3)17-19(16,18-12(4,5)20)13-10-14(6)8-9-15(10)7/h20H,8-9H2,1-7H3. The van der Waals surface area contributed by atoms with E-state index in [0.717, 1.165) is 13.1 Å². The van der Waals surface area contributed by atoms with Crippen LogP contribution in [0.25, 0.3) is 0 Å². The van der Waals surface area contributed by atoms with E-state index in [2.05, 4.69) is 17.4 Å². The summed E-state index contributed by atoms with van der Waals surface area (Å²) in [5.41, 5.74) is -0.631. The zero-order chi connectivity index (χ0) is 15.8. The lowest BCUT2D eigenvalue weighted by molar-refractivity contribution is 0.0749. The second-order valence-electron chi connectivity index (χ2n) is 6.45. The van der Waals surface area contributed by atoms with E-state index >= 15 is 0 Å². The summed E-state index contributed by atoms with van der Waals surface area (Å²) in [5.74, 6) is 0.607. The maximum absolute atomic E-state index is 13.0. The maximum atomic E-state index is 13.0. The molecule has 0 amide bonds. The second-order valence-corrected chi connectivity index (χ2v) is 9.03. The Labute approximate surface area is 127 Å². The number of hydrogen-bond acceptors (Lipinski definition) is 4. The van der Waals surface area contributed by atoms with E-state index in [4.69, 9.17) is 9.05 Å². The lowest BCUT2D eigenvalue weighted by Crippen LogP contribution is -2.29. The van der Waals surface area contributed by atoms with Crippen molar-refractivity contribution >= 4 is 26.3 Å². The van der Waals surface area contributed by atoms with Crippen LogP contribution in [0, 0.1) is 0 Å². The second kappa shape index (κ2) is 5.87. The molecule has 1 rings (SSSR count). The first kappa shape index (κ1) is 17.8. The van der Waals surface area contributed by atoms with Crippen molar-refractivity contribution in [2.24, 2.45) is 4.76 Å². The minimum Gasteiger partial charge on any atom is -0.344 e. The van der Waals surface area contributed by atoms with Crippen molar-refractivity contribution < 1.29 is 13.6 Å². The highest BCUT2D eigenvalue weighted by Crippen LogP contribution is 2.56. The van der Waals surface area contributed by atoms with E-state index in [1.165, 1.54) is 0 Å². The largest absolute Gasteiger partial charge is 0.458 e. The molecule has 0 saturated carbocycles. The molecule has 0 aromatic carbocycles. The number of guanidine groups is 1. The van der Waals surface area contributed by atoms with Crippen LogP contribution in [-0.2, 0) is 13.6 Å². The molecule has 0 bridgehead atoms. The third kappa shape index (κ3) is 5.64. The summed E-state index contributed by atoms with van der Waals surface area (Å²) >= 11 is 4.27. The van der Waals surface area contributed by atoms with Crippen molar-refractivity contribution in [2.75, 3.05) is 27.2 Å². The molecule has 0 aliphatic carbocycles. The van der Waals surface area contributed by atoms with Crippen LogP contribution in [0.2, 0.25) is 0 Å². The highest BCUT2D eigenvalue weighted by Gasteiger charge is 2.38. The molecular weight excluding hydrogens is 297 g/mol. The van der Waals surface area contributed by atoms with Crippen molar-refractivity contribution in [3.63, 3.8) is 0 Å². The van der Waals surface area contributed by atoms with Crippen LogP contribution < -0.4 is 0 Å². The summed E-state index contributed by atoms with van der Waals surface area (Å²) in [5, 5.41) is 0. The summed E-state index contributed by atoms with van der Waals surface area (Å²) < 4.78 is 28.3. The number of likely N-dealkylation sites (N-methyl/N-ethyl adjacent to an activating group) is 2. The topological polar surface area (TPSA) is 54.4 Å². The van der Waals surface area contributed by atoms with Gasteiger partial charge in [0.05, 0.1) is 5.60 Å². The Bertz CT molecular complexity index is 397. The molecule has 1 fully saturated rings. The van der Waals surface area contributed by atoms with Crippen LogP contribution >= 0.6 is 20.4 Å². The van der Waals surface area contributed by atoms with Gasteiger partial charge in [-0.3, -0.25) is 9.05 Å². The van der Waals surface area contributed by atoms with Crippen LogP contribution in [0.4, 0.5) is 0 Å². The van der Waals surface area contributed by atoms with Gasteiger partial charge in [0, 0.05) is 27.2 Å². The van der Waals surface area contributed by atoms with Gasteiger partial charge in [-0.05, 0) is 34.6 Å². The van der Waals surface area contributed by atoms with E-state index in [-0.39, 0.29) is 0 Å². The van der Waals surface area contributed by atoms with Crippen LogP contribution in [0.5, 0.6) is 0 Å². The fourth-order valence-corrected chi connectivity index (χ4v) is 3.95.